The van der Waals surface area contributed by atoms with Crippen molar-refractivity contribution in [2.75, 3.05) is 46.6 Å². The fourth-order valence-corrected chi connectivity index (χ4v) is 2.50. The van der Waals surface area contributed by atoms with Gasteiger partial charge in [-0.2, -0.15) is 0 Å². The molecular weight excluding hydrogens is 240 g/mol. The van der Waals surface area contributed by atoms with Gasteiger partial charge in [-0.15, -0.1) is 0 Å². The van der Waals surface area contributed by atoms with Gasteiger partial charge in [0.25, 0.3) is 0 Å². The number of ether oxygens (including phenoxy) is 2. The molecule has 4 nitrogen and oxygen atoms in total. The first-order valence-electron chi connectivity index (χ1n) is 7.78. The predicted octanol–water partition coefficient (Wildman–Crippen LogP) is 1.89. The van der Waals surface area contributed by atoms with Gasteiger partial charge < -0.3 is 19.7 Å². The lowest BCUT2D eigenvalue weighted by Gasteiger charge is -2.35. The molecule has 0 aliphatic carbocycles. The first-order valence-corrected chi connectivity index (χ1v) is 7.78. The van der Waals surface area contributed by atoms with Crippen molar-refractivity contribution in [3.05, 3.63) is 0 Å². The molecule has 19 heavy (non-hydrogen) atoms. The maximum Gasteiger partial charge on any atom is 0.0700 e. The summed E-state index contributed by atoms with van der Waals surface area (Å²) in [7, 11) is 1.71. The van der Waals surface area contributed by atoms with Gasteiger partial charge in [0.15, 0.2) is 0 Å². The third kappa shape index (κ3) is 7.88. The number of methoxy groups -OCH3 is 1. The second kappa shape index (κ2) is 10.6. The minimum Gasteiger partial charge on any atom is -0.382 e. The highest BCUT2D eigenvalue weighted by atomic mass is 16.5. The topological polar surface area (TPSA) is 33.7 Å². The largest absolute Gasteiger partial charge is 0.382 e. The first kappa shape index (κ1) is 16.9. The van der Waals surface area contributed by atoms with Crippen molar-refractivity contribution in [2.45, 2.75) is 51.6 Å². The van der Waals surface area contributed by atoms with Gasteiger partial charge in [0.1, 0.15) is 0 Å². The normalized spacial score (nSPS) is 18.3. The molecule has 0 radical (unpaired) electrons. The van der Waals surface area contributed by atoms with Crippen molar-refractivity contribution in [1.29, 1.82) is 0 Å². The highest BCUT2D eigenvalue weighted by molar-refractivity contribution is 4.78. The van der Waals surface area contributed by atoms with E-state index in [1.54, 1.807) is 7.11 Å². The van der Waals surface area contributed by atoms with E-state index < -0.39 is 0 Å². The van der Waals surface area contributed by atoms with Crippen LogP contribution in [-0.2, 0) is 9.47 Å². The Balaban J connectivity index is 1.88. The van der Waals surface area contributed by atoms with Crippen LogP contribution >= 0.6 is 0 Å². The molecule has 1 fully saturated rings. The van der Waals surface area contributed by atoms with Gasteiger partial charge in [-0.1, -0.05) is 0 Å². The van der Waals surface area contributed by atoms with Crippen molar-refractivity contribution >= 4 is 0 Å². The molecule has 0 amide bonds. The van der Waals surface area contributed by atoms with E-state index in [1.807, 2.05) is 0 Å². The van der Waals surface area contributed by atoms with Gasteiger partial charge >= 0.3 is 0 Å². The molecule has 114 valence electrons. The van der Waals surface area contributed by atoms with Crippen molar-refractivity contribution < 1.29 is 9.47 Å². The van der Waals surface area contributed by atoms with E-state index in [4.69, 9.17) is 9.47 Å². The lowest BCUT2D eigenvalue weighted by atomic mass is 10.0. The summed E-state index contributed by atoms with van der Waals surface area (Å²) in [6, 6.07) is 1.43. The Labute approximate surface area is 118 Å². The molecule has 1 N–H and O–H groups in total. The third-order valence-electron chi connectivity index (χ3n) is 3.84. The van der Waals surface area contributed by atoms with Crippen LogP contribution in [0.5, 0.6) is 0 Å². The number of hydrogen-bond acceptors (Lipinski definition) is 4. The van der Waals surface area contributed by atoms with Crippen molar-refractivity contribution in [3.8, 4) is 0 Å². The molecule has 0 bridgehead atoms. The molecule has 1 saturated heterocycles. The number of unbranched alkanes of at least 4 members (excludes halogenated alkanes) is 1. The average molecular weight is 272 g/mol. The molecule has 4 heteroatoms. The molecule has 0 saturated carbocycles. The SMILES string of the molecule is COCCOCCCCNC1CCN(C(C)C)CC1. The van der Waals surface area contributed by atoms with Crippen LogP contribution < -0.4 is 5.32 Å². The van der Waals surface area contributed by atoms with Crippen LogP contribution in [0.4, 0.5) is 0 Å². The van der Waals surface area contributed by atoms with Crippen LogP contribution in [0.2, 0.25) is 0 Å². The summed E-state index contributed by atoms with van der Waals surface area (Å²) in [6.45, 7) is 10.5. The molecule has 0 aromatic rings. The summed E-state index contributed by atoms with van der Waals surface area (Å²) in [5.74, 6) is 0. The minimum atomic E-state index is 0.699. The maximum absolute atomic E-state index is 5.45. The number of piperidine rings is 1. The van der Waals surface area contributed by atoms with Crippen LogP contribution in [-0.4, -0.2) is 63.5 Å². The zero-order valence-electron chi connectivity index (χ0n) is 13.0. The molecule has 0 spiro atoms. The van der Waals surface area contributed by atoms with Crippen molar-refractivity contribution in [1.82, 2.24) is 10.2 Å². The monoisotopic (exact) mass is 272 g/mol. The van der Waals surface area contributed by atoms with E-state index in [0.29, 0.717) is 12.6 Å². The highest BCUT2D eigenvalue weighted by Crippen LogP contribution is 2.12. The molecule has 1 heterocycles. The molecule has 0 atom stereocenters. The quantitative estimate of drug-likeness (QED) is 0.616. The third-order valence-corrected chi connectivity index (χ3v) is 3.84. The molecule has 1 aliphatic heterocycles. The fourth-order valence-electron chi connectivity index (χ4n) is 2.50. The molecule has 1 rings (SSSR count). The summed E-state index contributed by atoms with van der Waals surface area (Å²) in [4.78, 5) is 2.57. The second-order valence-corrected chi connectivity index (χ2v) is 5.67. The summed E-state index contributed by atoms with van der Waals surface area (Å²) in [5, 5.41) is 3.68. The Morgan fingerprint density at radius 1 is 1.11 bits per heavy atom. The Morgan fingerprint density at radius 3 is 2.47 bits per heavy atom. The highest BCUT2D eigenvalue weighted by Gasteiger charge is 2.19. The standard InChI is InChI=1S/C15H32N2O2/c1-14(2)17-9-6-15(7-10-17)16-8-4-5-11-19-13-12-18-3/h14-16H,4-13H2,1-3H3. The number of rotatable bonds is 10. The van der Waals surface area contributed by atoms with Gasteiger partial charge in [-0.05, 0) is 59.2 Å². The zero-order valence-corrected chi connectivity index (χ0v) is 13.0. The Bertz CT molecular complexity index is 204. The van der Waals surface area contributed by atoms with E-state index >= 15 is 0 Å². The van der Waals surface area contributed by atoms with Crippen LogP contribution in [0.25, 0.3) is 0 Å². The molecule has 0 unspecified atom stereocenters. The first-order chi connectivity index (χ1) is 9.24. The van der Waals surface area contributed by atoms with E-state index in [-0.39, 0.29) is 0 Å². The second-order valence-electron chi connectivity index (χ2n) is 5.67. The van der Waals surface area contributed by atoms with Crippen LogP contribution in [0.15, 0.2) is 0 Å². The van der Waals surface area contributed by atoms with Crippen LogP contribution in [0, 0.1) is 0 Å². The van der Waals surface area contributed by atoms with Gasteiger partial charge in [0, 0.05) is 25.8 Å². The number of nitrogens with zero attached hydrogens (tertiary/aromatic N) is 1. The van der Waals surface area contributed by atoms with Crippen LogP contribution in [0.3, 0.4) is 0 Å². The van der Waals surface area contributed by atoms with Gasteiger partial charge in [0.05, 0.1) is 13.2 Å². The Kier molecular flexibility index (Phi) is 9.43. The summed E-state index contributed by atoms with van der Waals surface area (Å²) >= 11 is 0. The smallest absolute Gasteiger partial charge is 0.0700 e. The molecular formula is C15H32N2O2. The fraction of sp³-hybridized carbons (Fsp3) is 1.00. The van der Waals surface area contributed by atoms with E-state index in [1.165, 1.54) is 32.4 Å². The van der Waals surface area contributed by atoms with Crippen LogP contribution in [0.1, 0.15) is 39.5 Å². The van der Waals surface area contributed by atoms with Crippen molar-refractivity contribution in [3.63, 3.8) is 0 Å². The number of nitrogens with one attached hydrogen (secondary N) is 1. The van der Waals surface area contributed by atoms with Crippen molar-refractivity contribution in [2.24, 2.45) is 0 Å². The zero-order chi connectivity index (χ0) is 13.9. The van der Waals surface area contributed by atoms with Gasteiger partial charge in [-0.3, -0.25) is 0 Å². The van der Waals surface area contributed by atoms with E-state index in [9.17, 15) is 0 Å². The summed E-state index contributed by atoms with van der Waals surface area (Å²) in [5.41, 5.74) is 0. The summed E-state index contributed by atoms with van der Waals surface area (Å²) in [6.07, 6.45) is 4.93. The average Bonchev–Trinajstić information content (AvgIpc) is 2.42. The maximum atomic E-state index is 5.45. The molecule has 0 aromatic heterocycles. The number of likely N-dealkylation sites (tertiary alicyclic amines) is 1. The summed E-state index contributed by atoms with van der Waals surface area (Å²) < 4.78 is 10.4. The van der Waals surface area contributed by atoms with E-state index in [2.05, 4.69) is 24.1 Å². The van der Waals surface area contributed by atoms with Gasteiger partial charge in [0.2, 0.25) is 0 Å². The predicted molar refractivity (Wildman–Crippen MR) is 79.7 cm³/mol. The molecule has 0 aromatic carbocycles. The molecule has 1 aliphatic rings. The van der Waals surface area contributed by atoms with Gasteiger partial charge in [-0.25, -0.2) is 0 Å². The van der Waals surface area contributed by atoms with E-state index in [0.717, 1.165) is 32.2 Å². The lowest BCUT2D eigenvalue weighted by molar-refractivity contribution is 0.0686. The Morgan fingerprint density at radius 2 is 1.84 bits per heavy atom. The number of hydrogen-bond donors (Lipinski definition) is 1. The lowest BCUT2D eigenvalue weighted by Crippen LogP contribution is -2.45. The Hall–Kier alpha value is -0.160. The minimum absolute atomic E-state index is 0.699.